The highest BCUT2D eigenvalue weighted by atomic mass is 32.2. The number of aliphatic hydroxyl groups is 1. The molecule has 1 N–H and O–H groups in total. The molecule has 22 heavy (non-hydrogen) atoms. The van der Waals surface area contributed by atoms with E-state index in [1.807, 2.05) is 0 Å². The molecule has 0 bridgehead atoms. The van der Waals surface area contributed by atoms with Crippen LogP contribution in [-0.2, 0) is 17.2 Å². The first-order valence-electron chi connectivity index (χ1n) is 6.62. The monoisotopic (exact) mass is 337 g/mol. The van der Waals surface area contributed by atoms with Gasteiger partial charge in [-0.25, -0.2) is 12.9 Å². The van der Waals surface area contributed by atoms with Crippen molar-refractivity contribution in [2.45, 2.75) is 23.9 Å². The van der Waals surface area contributed by atoms with Crippen molar-refractivity contribution in [1.29, 1.82) is 0 Å². The SMILES string of the molecule is C=C(O)C1CCCN(S(=O)c2cccc(F)c2C(F)(F)F)C1. The average molecular weight is 337 g/mol. The summed E-state index contributed by atoms with van der Waals surface area (Å²) in [6.07, 6.45) is -3.74. The van der Waals surface area contributed by atoms with E-state index >= 15 is 0 Å². The Kier molecular flexibility index (Phi) is 4.91. The van der Waals surface area contributed by atoms with Gasteiger partial charge in [0.25, 0.3) is 0 Å². The molecule has 1 aromatic carbocycles. The van der Waals surface area contributed by atoms with Gasteiger partial charge in [-0.05, 0) is 25.0 Å². The smallest absolute Gasteiger partial charge is 0.420 e. The number of halogens is 4. The van der Waals surface area contributed by atoms with Crippen LogP contribution in [0.25, 0.3) is 0 Å². The van der Waals surface area contributed by atoms with Gasteiger partial charge in [0.15, 0.2) is 0 Å². The molecule has 3 nitrogen and oxygen atoms in total. The van der Waals surface area contributed by atoms with Crippen LogP contribution in [0.3, 0.4) is 0 Å². The maximum absolute atomic E-state index is 13.6. The van der Waals surface area contributed by atoms with Crippen LogP contribution in [0.5, 0.6) is 0 Å². The minimum Gasteiger partial charge on any atom is -0.513 e. The van der Waals surface area contributed by atoms with Gasteiger partial charge in [-0.2, -0.15) is 13.2 Å². The Labute approximate surface area is 127 Å². The van der Waals surface area contributed by atoms with E-state index in [2.05, 4.69) is 6.58 Å². The van der Waals surface area contributed by atoms with Gasteiger partial charge >= 0.3 is 6.18 Å². The summed E-state index contributed by atoms with van der Waals surface area (Å²) in [5.41, 5.74) is -1.50. The quantitative estimate of drug-likeness (QED) is 0.676. The van der Waals surface area contributed by atoms with Gasteiger partial charge < -0.3 is 5.11 Å². The zero-order chi connectivity index (χ0) is 16.5. The Morgan fingerprint density at radius 2 is 2.09 bits per heavy atom. The highest BCUT2D eigenvalue weighted by molar-refractivity contribution is 7.82. The molecule has 8 heteroatoms. The Bertz CT molecular complexity index is 603. The number of alkyl halides is 3. The maximum atomic E-state index is 13.6. The summed E-state index contributed by atoms with van der Waals surface area (Å²) in [5, 5.41) is 9.42. The minimum atomic E-state index is -4.92. The predicted molar refractivity (Wildman–Crippen MR) is 73.9 cm³/mol. The summed E-state index contributed by atoms with van der Waals surface area (Å²) >= 11 is 0. The van der Waals surface area contributed by atoms with Crippen molar-refractivity contribution in [3.05, 3.63) is 41.9 Å². The van der Waals surface area contributed by atoms with Gasteiger partial charge in [-0.1, -0.05) is 12.6 Å². The molecule has 0 spiro atoms. The van der Waals surface area contributed by atoms with Gasteiger partial charge in [-0.3, -0.25) is 0 Å². The molecule has 1 aliphatic rings. The van der Waals surface area contributed by atoms with Crippen molar-refractivity contribution in [3.8, 4) is 0 Å². The molecular weight excluding hydrogens is 322 g/mol. The van der Waals surface area contributed by atoms with E-state index in [0.29, 0.717) is 25.5 Å². The Balaban J connectivity index is 2.34. The number of nitrogens with zero attached hydrogens (tertiary/aromatic N) is 1. The molecule has 0 amide bonds. The van der Waals surface area contributed by atoms with Gasteiger partial charge in [0.2, 0.25) is 0 Å². The molecule has 2 unspecified atom stereocenters. The number of hydrogen-bond donors (Lipinski definition) is 1. The van der Waals surface area contributed by atoms with Gasteiger partial charge in [0.05, 0.1) is 10.7 Å². The molecule has 1 aliphatic heterocycles. The molecule has 0 aliphatic carbocycles. The van der Waals surface area contributed by atoms with Gasteiger partial charge in [0, 0.05) is 19.0 Å². The third-order valence-corrected chi connectivity index (χ3v) is 5.05. The Morgan fingerprint density at radius 3 is 2.68 bits per heavy atom. The van der Waals surface area contributed by atoms with Crippen LogP contribution >= 0.6 is 0 Å². The summed E-state index contributed by atoms with van der Waals surface area (Å²) in [6.45, 7) is 3.84. The first-order valence-corrected chi connectivity index (χ1v) is 7.72. The zero-order valence-electron chi connectivity index (χ0n) is 11.6. The minimum absolute atomic E-state index is 0.0861. The number of rotatable bonds is 3. The van der Waals surface area contributed by atoms with E-state index in [9.17, 15) is 26.9 Å². The second-order valence-electron chi connectivity index (χ2n) is 5.08. The van der Waals surface area contributed by atoms with Crippen molar-refractivity contribution in [2.24, 2.45) is 5.92 Å². The van der Waals surface area contributed by atoms with Crippen LogP contribution in [0.1, 0.15) is 18.4 Å². The number of hydrogen-bond acceptors (Lipinski definition) is 2. The van der Waals surface area contributed by atoms with Crippen molar-refractivity contribution >= 4 is 11.0 Å². The predicted octanol–water partition coefficient (Wildman–Crippen LogP) is 3.65. The lowest BCUT2D eigenvalue weighted by atomic mass is 9.98. The molecule has 1 heterocycles. The molecule has 1 fully saturated rings. The van der Waals surface area contributed by atoms with Crippen LogP contribution in [0.15, 0.2) is 35.4 Å². The lowest BCUT2D eigenvalue weighted by Gasteiger charge is -2.31. The van der Waals surface area contributed by atoms with Crippen LogP contribution in [0.2, 0.25) is 0 Å². The summed E-state index contributed by atoms with van der Waals surface area (Å²) in [5.74, 6) is -1.88. The highest BCUT2D eigenvalue weighted by Gasteiger charge is 2.39. The summed E-state index contributed by atoms with van der Waals surface area (Å²) in [6, 6.07) is 2.81. The molecule has 1 saturated heterocycles. The fraction of sp³-hybridized carbons (Fsp3) is 0.429. The van der Waals surface area contributed by atoms with E-state index < -0.39 is 33.4 Å². The third-order valence-electron chi connectivity index (χ3n) is 3.54. The van der Waals surface area contributed by atoms with Gasteiger partial charge in [0.1, 0.15) is 22.4 Å². The average Bonchev–Trinajstić information content (AvgIpc) is 2.45. The summed E-state index contributed by atoms with van der Waals surface area (Å²) < 4.78 is 66.3. The number of benzene rings is 1. The highest BCUT2D eigenvalue weighted by Crippen LogP contribution is 2.36. The zero-order valence-corrected chi connectivity index (χ0v) is 12.4. The topological polar surface area (TPSA) is 40.5 Å². The molecule has 122 valence electrons. The molecule has 0 radical (unpaired) electrons. The van der Waals surface area contributed by atoms with E-state index in [1.54, 1.807) is 0 Å². The van der Waals surface area contributed by atoms with E-state index in [4.69, 9.17) is 0 Å². The first-order chi connectivity index (χ1) is 10.2. The Morgan fingerprint density at radius 1 is 1.41 bits per heavy atom. The molecule has 2 atom stereocenters. The number of aliphatic hydroxyl groups excluding tert-OH is 1. The summed E-state index contributed by atoms with van der Waals surface area (Å²) in [4.78, 5) is -0.600. The molecule has 1 aromatic rings. The van der Waals surface area contributed by atoms with Crippen LogP contribution in [0.4, 0.5) is 17.6 Å². The van der Waals surface area contributed by atoms with Crippen molar-refractivity contribution < 1.29 is 26.9 Å². The van der Waals surface area contributed by atoms with E-state index in [-0.39, 0.29) is 18.2 Å². The molecule has 0 saturated carbocycles. The second-order valence-corrected chi connectivity index (χ2v) is 6.53. The van der Waals surface area contributed by atoms with Crippen LogP contribution in [0, 0.1) is 11.7 Å². The second kappa shape index (κ2) is 6.37. The Hall–Kier alpha value is -1.41. The first kappa shape index (κ1) is 17.0. The van der Waals surface area contributed by atoms with Gasteiger partial charge in [-0.15, -0.1) is 0 Å². The normalized spacial score (nSPS) is 21.5. The van der Waals surface area contributed by atoms with Crippen LogP contribution in [-0.4, -0.2) is 26.7 Å². The van der Waals surface area contributed by atoms with Crippen LogP contribution < -0.4 is 0 Å². The fourth-order valence-corrected chi connectivity index (χ4v) is 3.90. The largest absolute Gasteiger partial charge is 0.513 e. The lowest BCUT2D eigenvalue weighted by molar-refractivity contribution is -0.142. The third kappa shape index (κ3) is 3.49. The standard InChI is InChI=1S/C14H15F4NO2S/c1-9(20)10-4-3-7-19(8-10)22(21)12-6-2-5-11(15)13(12)14(16,17)18/h2,5-6,10,20H,1,3-4,7-8H2. The number of piperidine rings is 1. The van der Waals surface area contributed by atoms with E-state index in [1.165, 1.54) is 4.31 Å². The van der Waals surface area contributed by atoms with Crippen molar-refractivity contribution in [3.63, 3.8) is 0 Å². The summed E-state index contributed by atoms with van der Waals surface area (Å²) in [7, 11) is -2.15. The maximum Gasteiger partial charge on any atom is 0.420 e. The fourth-order valence-electron chi connectivity index (χ4n) is 2.43. The van der Waals surface area contributed by atoms with E-state index in [0.717, 1.165) is 12.1 Å². The van der Waals surface area contributed by atoms with Crippen molar-refractivity contribution in [2.75, 3.05) is 13.1 Å². The molecule has 2 rings (SSSR count). The molecular formula is C14H15F4NO2S. The lowest BCUT2D eigenvalue weighted by Crippen LogP contribution is -2.38. The molecule has 0 aromatic heterocycles. The van der Waals surface area contributed by atoms with Crippen molar-refractivity contribution in [1.82, 2.24) is 4.31 Å².